The average Bonchev–Trinajstić information content (AvgIpc) is 3.03. The van der Waals surface area contributed by atoms with Gasteiger partial charge < -0.3 is 14.2 Å². The van der Waals surface area contributed by atoms with E-state index in [1.165, 1.54) is 5.56 Å². The maximum absolute atomic E-state index is 13.7. The summed E-state index contributed by atoms with van der Waals surface area (Å²) in [5.74, 6) is 1.42. The Morgan fingerprint density at radius 1 is 1.14 bits per heavy atom. The summed E-state index contributed by atoms with van der Waals surface area (Å²) in [6.07, 6.45) is 3.24. The predicted molar refractivity (Wildman–Crippen MR) is 111 cm³/mol. The van der Waals surface area contributed by atoms with Gasteiger partial charge in [0.05, 0.1) is 18.1 Å². The van der Waals surface area contributed by atoms with Gasteiger partial charge in [-0.2, -0.15) is 0 Å². The molecule has 29 heavy (non-hydrogen) atoms. The smallest absolute Gasteiger partial charge is 0.173 e. The van der Waals surface area contributed by atoms with Crippen LogP contribution in [0.3, 0.4) is 0 Å². The monoisotopic (exact) mass is 398 g/mol. The first-order chi connectivity index (χ1) is 13.5. The van der Waals surface area contributed by atoms with Crippen molar-refractivity contribution < 1.29 is 19.0 Å². The Kier molecular flexibility index (Phi) is 3.81. The van der Waals surface area contributed by atoms with E-state index < -0.39 is 16.8 Å². The summed E-state index contributed by atoms with van der Waals surface area (Å²) in [5, 5.41) is 0. The minimum absolute atomic E-state index is 0.192. The normalized spacial score (nSPS) is 44.7. The molecule has 158 valence electrons. The fraction of sp³-hybridized carbons (Fsp3) is 0.720. The van der Waals surface area contributed by atoms with Gasteiger partial charge in [0.2, 0.25) is 0 Å². The second-order valence-corrected chi connectivity index (χ2v) is 10.7. The third kappa shape index (κ3) is 2.10. The number of ether oxygens (including phenoxy) is 3. The molecule has 5 rings (SSSR count). The summed E-state index contributed by atoms with van der Waals surface area (Å²) in [4.78, 5) is 13.7. The molecule has 4 aliphatic rings. The Morgan fingerprint density at radius 2 is 1.86 bits per heavy atom. The highest BCUT2D eigenvalue weighted by Crippen LogP contribution is 2.71. The molecule has 1 unspecified atom stereocenters. The number of rotatable bonds is 1. The predicted octanol–water partition coefficient (Wildman–Crippen LogP) is 4.94. The zero-order valence-corrected chi connectivity index (χ0v) is 18.8. The SMILES string of the molecule is COc1ccc2c(c1C)CC(=O)[C@]1(C)[C@@H]3CC[C@]21OC1(C[C@H](C)C(C)(C)O1)[C@H]3C. The summed E-state index contributed by atoms with van der Waals surface area (Å²) in [5.41, 5.74) is 2.03. The molecular weight excluding hydrogens is 364 g/mol. The molecule has 0 N–H and O–H groups in total. The molecule has 0 radical (unpaired) electrons. The van der Waals surface area contributed by atoms with Gasteiger partial charge in [0.15, 0.2) is 5.79 Å². The molecule has 0 amide bonds. The van der Waals surface area contributed by atoms with Crippen LogP contribution >= 0.6 is 0 Å². The number of benzene rings is 1. The van der Waals surface area contributed by atoms with E-state index in [1.54, 1.807) is 7.11 Å². The third-order valence-electron chi connectivity index (χ3n) is 9.37. The number of hydrogen-bond acceptors (Lipinski definition) is 4. The molecule has 4 heteroatoms. The summed E-state index contributed by atoms with van der Waals surface area (Å²) in [6.45, 7) is 13.1. The highest BCUT2D eigenvalue weighted by Gasteiger charge is 2.75. The van der Waals surface area contributed by atoms with E-state index in [9.17, 15) is 4.79 Å². The van der Waals surface area contributed by atoms with Crippen molar-refractivity contribution in [2.24, 2.45) is 23.2 Å². The fourth-order valence-corrected chi connectivity index (χ4v) is 7.22. The van der Waals surface area contributed by atoms with Crippen LogP contribution in [0.15, 0.2) is 12.1 Å². The van der Waals surface area contributed by atoms with Gasteiger partial charge >= 0.3 is 0 Å². The first-order valence-corrected chi connectivity index (χ1v) is 11.1. The van der Waals surface area contributed by atoms with E-state index in [4.69, 9.17) is 14.2 Å². The maximum Gasteiger partial charge on any atom is 0.173 e. The first kappa shape index (κ1) is 19.6. The van der Waals surface area contributed by atoms with Gasteiger partial charge in [0.25, 0.3) is 0 Å². The molecule has 4 nitrogen and oxygen atoms in total. The largest absolute Gasteiger partial charge is 0.496 e. The Balaban J connectivity index is 1.73. The molecule has 2 heterocycles. The van der Waals surface area contributed by atoms with Gasteiger partial charge in [-0.25, -0.2) is 0 Å². The molecule has 3 fully saturated rings. The van der Waals surface area contributed by atoms with Crippen molar-refractivity contribution in [1.82, 2.24) is 0 Å². The van der Waals surface area contributed by atoms with E-state index in [1.807, 2.05) is 6.07 Å². The van der Waals surface area contributed by atoms with Crippen molar-refractivity contribution in [3.8, 4) is 5.75 Å². The van der Waals surface area contributed by atoms with Crippen LogP contribution in [0.25, 0.3) is 0 Å². The van der Waals surface area contributed by atoms with E-state index in [0.717, 1.165) is 36.1 Å². The average molecular weight is 399 g/mol. The first-order valence-electron chi connectivity index (χ1n) is 11.1. The minimum atomic E-state index is -0.619. The quantitative estimate of drug-likeness (QED) is 0.672. The van der Waals surface area contributed by atoms with E-state index >= 15 is 0 Å². The van der Waals surface area contributed by atoms with Gasteiger partial charge in [-0.15, -0.1) is 0 Å². The highest BCUT2D eigenvalue weighted by molar-refractivity contribution is 5.92. The van der Waals surface area contributed by atoms with E-state index in [0.29, 0.717) is 18.1 Å². The van der Waals surface area contributed by atoms with Crippen LogP contribution in [-0.4, -0.2) is 24.3 Å². The van der Waals surface area contributed by atoms with Crippen LogP contribution in [0, 0.1) is 30.1 Å². The van der Waals surface area contributed by atoms with Crippen molar-refractivity contribution in [2.45, 2.75) is 84.2 Å². The van der Waals surface area contributed by atoms with E-state index in [-0.39, 0.29) is 17.4 Å². The van der Waals surface area contributed by atoms with Gasteiger partial charge in [0, 0.05) is 18.8 Å². The number of methoxy groups -OCH3 is 1. The van der Waals surface area contributed by atoms with Gasteiger partial charge in [-0.3, -0.25) is 4.79 Å². The molecule has 2 aliphatic heterocycles. The van der Waals surface area contributed by atoms with Crippen molar-refractivity contribution >= 4 is 5.78 Å². The molecular formula is C25H34O4. The molecule has 1 spiro atoms. The second-order valence-electron chi connectivity index (χ2n) is 10.7. The van der Waals surface area contributed by atoms with E-state index in [2.05, 4.69) is 47.6 Å². The molecule has 0 aromatic heterocycles. The van der Waals surface area contributed by atoms with Gasteiger partial charge in [-0.1, -0.05) is 19.9 Å². The van der Waals surface area contributed by atoms with Crippen LogP contribution in [0.4, 0.5) is 0 Å². The molecule has 2 saturated heterocycles. The van der Waals surface area contributed by atoms with Crippen molar-refractivity contribution in [1.29, 1.82) is 0 Å². The number of ketones is 1. The van der Waals surface area contributed by atoms with Crippen molar-refractivity contribution in [3.63, 3.8) is 0 Å². The zero-order valence-electron chi connectivity index (χ0n) is 18.8. The van der Waals surface area contributed by atoms with Gasteiger partial charge in [-0.05, 0) is 75.1 Å². The van der Waals surface area contributed by atoms with Crippen molar-refractivity contribution in [3.05, 3.63) is 28.8 Å². The van der Waals surface area contributed by atoms with Crippen molar-refractivity contribution in [2.75, 3.05) is 7.11 Å². The summed E-state index contributed by atoms with van der Waals surface area (Å²) >= 11 is 0. The second kappa shape index (κ2) is 5.64. The Morgan fingerprint density at radius 3 is 2.48 bits per heavy atom. The van der Waals surface area contributed by atoms with Crippen LogP contribution in [-0.2, 0) is 26.3 Å². The lowest BCUT2D eigenvalue weighted by Gasteiger charge is -2.60. The summed E-state index contributed by atoms with van der Waals surface area (Å²) in [6, 6.07) is 4.20. The Labute approximate surface area is 174 Å². The van der Waals surface area contributed by atoms with Crippen LogP contribution in [0.1, 0.15) is 70.6 Å². The summed E-state index contributed by atoms with van der Waals surface area (Å²) in [7, 11) is 1.69. The lowest BCUT2D eigenvalue weighted by atomic mass is 9.54. The molecule has 2 bridgehead atoms. The number of carbonyl (C=O) groups is 1. The number of Topliss-reactive ketones (excluding diaryl/α,β-unsaturated/α-hetero) is 1. The number of fused-ring (bicyclic) bond motifs is 1. The van der Waals surface area contributed by atoms with Gasteiger partial charge in [0.1, 0.15) is 17.1 Å². The number of carbonyl (C=O) groups excluding carboxylic acids is 1. The van der Waals surface area contributed by atoms with Crippen LogP contribution < -0.4 is 4.74 Å². The molecule has 1 saturated carbocycles. The van der Waals surface area contributed by atoms with Crippen LogP contribution in [0.5, 0.6) is 5.75 Å². The zero-order chi connectivity index (χ0) is 21.0. The standard InChI is InChI=1S/C25H34O4/c1-14-13-25(28-22(14,4)5)16(3)18-10-11-24(29-25)19-8-9-20(27-7)15(2)17(19)12-21(26)23(18,24)6/h8-9,14,16,18H,10-13H2,1-7H3/t14-,16-,18+,23-,24-,25?/m0/s1. The molecule has 1 aromatic carbocycles. The molecule has 2 aliphatic carbocycles. The lowest BCUT2D eigenvalue weighted by Crippen LogP contribution is -2.65. The Bertz CT molecular complexity index is 904. The maximum atomic E-state index is 13.7. The highest BCUT2D eigenvalue weighted by atomic mass is 16.7. The Hall–Kier alpha value is -1.39. The third-order valence-corrected chi connectivity index (χ3v) is 9.37. The van der Waals surface area contributed by atoms with Crippen LogP contribution in [0.2, 0.25) is 0 Å². The number of hydrogen-bond donors (Lipinski definition) is 0. The topological polar surface area (TPSA) is 44.8 Å². The lowest BCUT2D eigenvalue weighted by molar-refractivity contribution is -0.366. The molecule has 6 atom stereocenters. The molecule has 1 aromatic rings. The minimum Gasteiger partial charge on any atom is -0.496 e. The fourth-order valence-electron chi connectivity index (χ4n) is 7.22. The summed E-state index contributed by atoms with van der Waals surface area (Å²) < 4.78 is 19.5.